The van der Waals surface area contributed by atoms with Gasteiger partial charge in [-0.3, -0.25) is 0 Å². The summed E-state index contributed by atoms with van der Waals surface area (Å²) in [6.07, 6.45) is 0. The Labute approximate surface area is 125 Å². The van der Waals surface area contributed by atoms with Crippen LogP contribution >= 0.6 is 20.3 Å². The van der Waals surface area contributed by atoms with E-state index < -0.39 is 0 Å². The Morgan fingerprint density at radius 3 is 0.789 bits per heavy atom. The van der Waals surface area contributed by atoms with E-state index in [-0.39, 0.29) is 0 Å². The Kier molecular flexibility index (Phi) is 20.6. The van der Waals surface area contributed by atoms with Crippen molar-refractivity contribution >= 4 is 43.1 Å². The normalized spacial score (nSPS) is 13.2. The zero-order chi connectivity index (χ0) is 15.8. The second kappa shape index (κ2) is 17.0. The number of rotatable bonds is 2. The molecule has 0 saturated carbocycles. The summed E-state index contributed by atoms with van der Waals surface area (Å²) in [5.74, 6) is 0. The van der Waals surface area contributed by atoms with Gasteiger partial charge in [0, 0.05) is 0 Å². The topological polar surface area (TPSA) is 130 Å². The number of hydrogen-bond donors (Lipinski definition) is 4. The van der Waals surface area contributed by atoms with Gasteiger partial charge in [-0.1, -0.05) is 20.6 Å². The van der Waals surface area contributed by atoms with E-state index in [2.05, 4.69) is 20.6 Å². The standard InChI is InChI=1S/2C4H8N2O2.2ClH.Co/c2*1-3(5-7)4(2)6-8;;;/h2*7-8H,1-2H3;2*1H;/q;;;;+2/p-2. The van der Waals surface area contributed by atoms with Crippen molar-refractivity contribution in [2.45, 2.75) is 27.7 Å². The van der Waals surface area contributed by atoms with Crippen LogP contribution in [0.15, 0.2) is 20.6 Å². The Bertz CT molecular complexity index is 284. The molecule has 0 atom stereocenters. The van der Waals surface area contributed by atoms with Gasteiger partial charge in [-0.25, -0.2) is 0 Å². The van der Waals surface area contributed by atoms with Crippen molar-refractivity contribution in [3.05, 3.63) is 0 Å². The molecule has 0 radical (unpaired) electrons. The van der Waals surface area contributed by atoms with E-state index >= 15 is 0 Å². The number of nitrogens with zero attached hydrogens (tertiary/aromatic N) is 4. The first-order chi connectivity index (χ1) is 8.85. The third-order valence-electron chi connectivity index (χ3n) is 1.65. The summed E-state index contributed by atoms with van der Waals surface area (Å²) < 4.78 is 0. The fourth-order valence-corrected chi connectivity index (χ4v) is 0.289. The van der Waals surface area contributed by atoms with E-state index in [4.69, 9.17) is 41.1 Å². The molecule has 0 aromatic rings. The molecule has 0 aliphatic carbocycles. The molecule has 0 unspecified atom stereocenters. The van der Waals surface area contributed by atoms with E-state index in [1.54, 1.807) is 0 Å². The number of oxime groups is 4. The van der Waals surface area contributed by atoms with Gasteiger partial charge in [0.2, 0.25) is 0 Å². The monoisotopic (exact) mass is 361 g/mol. The molecule has 0 amide bonds. The van der Waals surface area contributed by atoms with E-state index in [0.29, 0.717) is 35.7 Å². The molecule has 0 rings (SSSR count). The zero-order valence-electron chi connectivity index (χ0n) is 10.7. The Morgan fingerprint density at radius 1 is 0.632 bits per heavy atom. The molecule has 0 spiro atoms. The van der Waals surface area contributed by atoms with Crippen LogP contribution in [0.1, 0.15) is 27.7 Å². The van der Waals surface area contributed by atoms with Gasteiger partial charge in [-0.15, -0.1) is 0 Å². The quantitative estimate of drug-likeness (QED) is 0.342. The Balaban J connectivity index is -0.000000224. The molecule has 0 heterocycles. The van der Waals surface area contributed by atoms with Crippen LogP contribution in [0.25, 0.3) is 0 Å². The van der Waals surface area contributed by atoms with Gasteiger partial charge in [0.15, 0.2) is 0 Å². The second-order valence-corrected chi connectivity index (χ2v) is 4.51. The molecule has 0 aromatic heterocycles. The van der Waals surface area contributed by atoms with E-state index in [1.165, 1.54) is 27.7 Å². The summed E-state index contributed by atoms with van der Waals surface area (Å²) in [7, 11) is 9.47. The van der Waals surface area contributed by atoms with E-state index in [1.807, 2.05) is 0 Å². The van der Waals surface area contributed by atoms with Crippen LogP contribution < -0.4 is 0 Å². The molecule has 19 heavy (non-hydrogen) atoms. The van der Waals surface area contributed by atoms with Crippen molar-refractivity contribution in [1.82, 2.24) is 0 Å². The minimum absolute atomic E-state index is 0.313. The fourth-order valence-electron chi connectivity index (χ4n) is 0.289. The molecule has 11 heteroatoms. The van der Waals surface area contributed by atoms with Crippen LogP contribution in [0, 0.1) is 0 Å². The van der Waals surface area contributed by atoms with E-state index in [0.717, 1.165) is 0 Å². The summed E-state index contributed by atoms with van der Waals surface area (Å²) in [5, 5.41) is 43.3. The van der Waals surface area contributed by atoms with Crippen molar-refractivity contribution in [2.75, 3.05) is 0 Å². The molecule has 0 saturated heterocycles. The predicted octanol–water partition coefficient (Wildman–Crippen LogP) is 2.75. The molecular weight excluding hydrogens is 346 g/mol. The van der Waals surface area contributed by atoms with Gasteiger partial charge in [-0.05, 0) is 27.7 Å². The Hall–Kier alpha value is -1.03. The van der Waals surface area contributed by atoms with Crippen LogP contribution in [0.4, 0.5) is 0 Å². The van der Waals surface area contributed by atoms with Crippen molar-refractivity contribution < 1.29 is 33.7 Å². The number of halogens is 2. The van der Waals surface area contributed by atoms with Crippen molar-refractivity contribution in [2.24, 2.45) is 20.6 Å². The summed E-state index contributed by atoms with van der Waals surface area (Å²) in [6, 6.07) is 0. The molecule has 0 bridgehead atoms. The summed E-state index contributed by atoms with van der Waals surface area (Å²) in [5.41, 5.74) is 1.25. The van der Waals surface area contributed by atoms with Crippen molar-refractivity contribution in [3.8, 4) is 0 Å². The van der Waals surface area contributed by atoms with Gasteiger partial charge in [0.1, 0.15) is 22.8 Å². The maximum atomic E-state index is 8.03. The molecule has 0 aliphatic heterocycles. The fraction of sp³-hybridized carbons (Fsp3) is 0.500. The molecule has 0 aliphatic rings. The van der Waals surface area contributed by atoms with Gasteiger partial charge in [0.25, 0.3) is 0 Å². The van der Waals surface area contributed by atoms with Crippen molar-refractivity contribution in [3.63, 3.8) is 0 Å². The second-order valence-electron chi connectivity index (χ2n) is 2.79. The van der Waals surface area contributed by atoms with Crippen LogP contribution in [-0.4, -0.2) is 43.7 Å². The molecule has 0 fully saturated rings. The number of hydrogen-bond acceptors (Lipinski definition) is 8. The SMILES string of the molecule is CC(=NO)C(C)=NO.CC(=NO)C(C)=NO.[Cl][Co][Cl]. The third kappa shape index (κ3) is 17.0. The molecule has 115 valence electrons. The van der Waals surface area contributed by atoms with Crippen LogP contribution in [-0.2, 0) is 12.9 Å². The summed E-state index contributed by atoms with van der Waals surface area (Å²) in [4.78, 5) is 0. The van der Waals surface area contributed by atoms with Gasteiger partial charge in [-0.2, -0.15) is 0 Å². The first kappa shape index (κ1) is 23.1. The average Bonchev–Trinajstić information content (AvgIpc) is 2.45. The molecule has 4 N–H and O–H groups in total. The maximum absolute atomic E-state index is 8.03. The van der Waals surface area contributed by atoms with Crippen LogP contribution in [0.5, 0.6) is 0 Å². The first-order valence-corrected chi connectivity index (χ1v) is 7.31. The molecule has 8 nitrogen and oxygen atoms in total. The van der Waals surface area contributed by atoms with Crippen molar-refractivity contribution in [1.29, 1.82) is 0 Å². The molecular formula is C8H16Cl2CoN4O4. The first-order valence-electron chi connectivity index (χ1n) is 4.45. The minimum atomic E-state index is 0.313. The van der Waals surface area contributed by atoms with Gasteiger partial charge in [0.05, 0.1) is 0 Å². The summed E-state index contributed by atoms with van der Waals surface area (Å²) >= 11 is 0.382. The zero-order valence-corrected chi connectivity index (χ0v) is 13.2. The summed E-state index contributed by atoms with van der Waals surface area (Å²) in [6.45, 7) is 6.15. The van der Waals surface area contributed by atoms with E-state index in [9.17, 15) is 0 Å². The third-order valence-corrected chi connectivity index (χ3v) is 1.65. The predicted molar refractivity (Wildman–Crippen MR) is 71.3 cm³/mol. The van der Waals surface area contributed by atoms with Gasteiger partial charge < -0.3 is 20.8 Å². The van der Waals surface area contributed by atoms with Crippen LogP contribution in [0.2, 0.25) is 0 Å². The average molecular weight is 362 g/mol. The molecule has 0 aromatic carbocycles. The Morgan fingerprint density at radius 2 is 0.737 bits per heavy atom. The van der Waals surface area contributed by atoms with Crippen LogP contribution in [0.3, 0.4) is 0 Å². The van der Waals surface area contributed by atoms with Gasteiger partial charge >= 0.3 is 33.2 Å².